The summed E-state index contributed by atoms with van der Waals surface area (Å²) in [6.07, 6.45) is 7.40. The second-order valence-corrected chi connectivity index (χ2v) is 6.72. The maximum Gasteiger partial charge on any atom is 0.121 e. The standard InChI is InChI=1S/C17H23N3O/c1-21-13-5-6-15-14(9-13)19-16(20(15)12-3-4-12)10-17(11-18)7-2-8-17/h5-6,9,12H,2-4,7-8,10-11,18H2,1H3. The summed E-state index contributed by atoms with van der Waals surface area (Å²) in [5.41, 5.74) is 8.65. The highest BCUT2D eigenvalue weighted by molar-refractivity contribution is 5.78. The molecule has 1 heterocycles. The molecule has 2 fully saturated rings. The van der Waals surface area contributed by atoms with E-state index in [2.05, 4.69) is 10.6 Å². The summed E-state index contributed by atoms with van der Waals surface area (Å²) in [7, 11) is 1.71. The zero-order valence-corrected chi connectivity index (χ0v) is 12.6. The second kappa shape index (κ2) is 4.73. The van der Waals surface area contributed by atoms with Crippen molar-refractivity contribution in [3.8, 4) is 5.75 Å². The molecule has 0 unspecified atom stereocenters. The number of benzene rings is 1. The van der Waals surface area contributed by atoms with Crippen LogP contribution in [0.5, 0.6) is 5.75 Å². The van der Waals surface area contributed by atoms with Crippen molar-refractivity contribution in [1.29, 1.82) is 0 Å². The van der Waals surface area contributed by atoms with Crippen LogP contribution in [0.2, 0.25) is 0 Å². The van der Waals surface area contributed by atoms with Gasteiger partial charge in [0, 0.05) is 18.5 Å². The van der Waals surface area contributed by atoms with Gasteiger partial charge in [-0.25, -0.2) is 4.98 Å². The smallest absolute Gasteiger partial charge is 0.121 e. The van der Waals surface area contributed by atoms with Crippen molar-refractivity contribution < 1.29 is 4.74 Å². The third kappa shape index (κ3) is 2.13. The predicted octanol–water partition coefficient (Wildman–Crippen LogP) is 3.05. The van der Waals surface area contributed by atoms with Gasteiger partial charge >= 0.3 is 0 Å². The van der Waals surface area contributed by atoms with Crippen molar-refractivity contribution in [3.63, 3.8) is 0 Å². The first-order chi connectivity index (χ1) is 10.2. The predicted molar refractivity (Wildman–Crippen MR) is 83.6 cm³/mol. The van der Waals surface area contributed by atoms with Gasteiger partial charge in [0.05, 0.1) is 18.1 Å². The molecule has 4 nitrogen and oxygen atoms in total. The SMILES string of the molecule is COc1ccc2c(c1)nc(CC1(CN)CCC1)n2C1CC1. The van der Waals surface area contributed by atoms with E-state index in [1.54, 1.807) is 7.11 Å². The minimum atomic E-state index is 0.304. The quantitative estimate of drug-likeness (QED) is 0.918. The molecule has 4 heteroatoms. The van der Waals surface area contributed by atoms with Gasteiger partial charge in [-0.2, -0.15) is 0 Å². The van der Waals surface area contributed by atoms with E-state index < -0.39 is 0 Å². The minimum absolute atomic E-state index is 0.304. The van der Waals surface area contributed by atoms with Crippen molar-refractivity contribution in [3.05, 3.63) is 24.0 Å². The zero-order chi connectivity index (χ0) is 14.4. The van der Waals surface area contributed by atoms with Gasteiger partial charge in [-0.1, -0.05) is 6.42 Å². The van der Waals surface area contributed by atoms with E-state index in [0.29, 0.717) is 11.5 Å². The van der Waals surface area contributed by atoms with Gasteiger partial charge in [0.2, 0.25) is 0 Å². The fourth-order valence-corrected chi connectivity index (χ4v) is 3.59. The van der Waals surface area contributed by atoms with E-state index in [9.17, 15) is 0 Å². The fraction of sp³-hybridized carbons (Fsp3) is 0.588. The Hall–Kier alpha value is -1.55. The first-order valence-electron chi connectivity index (χ1n) is 8.00. The molecule has 4 rings (SSSR count). The summed E-state index contributed by atoms with van der Waals surface area (Å²) in [5.74, 6) is 2.11. The molecule has 0 atom stereocenters. The number of hydrogen-bond acceptors (Lipinski definition) is 3. The average Bonchev–Trinajstić information content (AvgIpc) is 3.23. The molecule has 0 amide bonds. The van der Waals surface area contributed by atoms with Gasteiger partial charge in [0.1, 0.15) is 11.6 Å². The molecular weight excluding hydrogens is 262 g/mol. The van der Waals surface area contributed by atoms with Gasteiger partial charge in [-0.3, -0.25) is 0 Å². The molecule has 2 saturated carbocycles. The third-order valence-electron chi connectivity index (χ3n) is 5.26. The number of hydrogen-bond donors (Lipinski definition) is 1. The highest BCUT2D eigenvalue weighted by Crippen LogP contribution is 2.45. The Labute approximate surface area is 125 Å². The second-order valence-electron chi connectivity index (χ2n) is 6.72. The number of aromatic nitrogens is 2. The number of imidazole rings is 1. The van der Waals surface area contributed by atoms with E-state index in [1.807, 2.05) is 12.1 Å². The van der Waals surface area contributed by atoms with Gasteiger partial charge in [-0.05, 0) is 49.8 Å². The first kappa shape index (κ1) is 13.1. The molecule has 1 aromatic carbocycles. The number of nitrogens with two attached hydrogens (primary N) is 1. The average molecular weight is 285 g/mol. The number of rotatable bonds is 5. The van der Waals surface area contributed by atoms with Crippen molar-refractivity contribution in [2.75, 3.05) is 13.7 Å². The normalized spacial score (nSPS) is 20.5. The largest absolute Gasteiger partial charge is 0.497 e. The summed E-state index contributed by atoms with van der Waals surface area (Å²) in [4.78, 5) is 4.92. The monoisotopic (exact) mass is 285 g/mol. The summed E-state index contributed by atoms with van der Waals surface area (Å²) in [5, 5.41) is 0. The van der Waals surface area contributed by atoms with Crippen molar-refractivity contribution in [2.45, 2.75) is 44.6 Å². The van der Waals surface area contributed by atoms with Crippen LogP contribution >= 0.6 is 0 Å². The highest BCUT2D eigenvalue weighted by atomic mass is 16.5. The van der Waals surface area contributed by atoms with Crippen LogP contribution in [-0.2, 0) is 6.42 Å². The van der Waals surface area contributed by atoms with Crippen LogP contribution < -0.4 is 10.5 Å². The molecule has 0 saturated heterocycles. The van der Waals surface area contributed by atoms with E-state index in [0.717, 1.165) is 24.2 Å². The molecule has 112 valence electrons. The van der Waals surface area contributed by atoms with Crippen LogP contribution in [0.3, 0.4) is 0 Å². The molecule has 2 N–H and O–H groups in total. The van der Waals surface area contributed by atoms with E-state index in [-0.39, 0.29) is 0 Å². The summed E-state index contributed by atoms with van der Waals surface area (Å²) in [6, 6.07) is 6.88. The Morgan fingerprint density at radius 1 is 1.38 bits per heavy atom. The Morgan fingerprint density at radius 2 is 2.19 bits per heavy atom. The maximum absolute atomic E-state index is 6.04. The third-order valence-corrected chi connectivity index (χ3v) is 5.26. The summed E-state index contributed by atoms with van der Waals surface area (Å²) < 4.78 is 7.80. The lowest BCUT2D eigenvalue weighted by Gasteiger charge is -2.40. The molecule has 2 aliphatic rings. The van der Waals surface area contributed by atoms with Gasteiger partial charge in [0.15, 0.2) is 0 Å². The van der Waals surface area contributed by atoms with E-state index in [1.165, 1.54) is 43.4 Å². The fourth-order valence-electron chi connectivity index (χ4n) is 3.59. The lowest BCUT2D eigenvalue weighted by atomic mass is 9.66. The Bertz CT molecular complexity index is 662. The van der Waals surface area contributed by atoms with Crippen LogP contribution in [0.1, 0.15) is 44.0 Å². The summed E-state index contributed by atoms with van der Waals surface area (Å²) in [6.45, 7) is 0.782. The van der Waals surface area contributed by atoms with Crippen LogP contribution in [-0.4, -0.2) is 23.2 Å². The maximum atomic E-state index is 6.04. The Balaban J connectivity index is 1.77. The number of methoxy groups -OCH3 is 1. The van der Waals surface area contributed by atoms with Gasteiger partial charge < -0.3 is 15.0 Å². The van der Waals surface area contributed by atoms with Gasteiger partial charge in [-0.15, -0.1) is 0 Å². The highest BCUT2D eigenvalue weighted by Gasteiger charge is 2.38. The van der Waals surface area contributed by atoms with Crippen molar-refractivity contribution >= 4 is 11.0 Å². The van der Waals surface area contributed by atoms with Crippen LogP contribution in [0, 0.1) is 5.41 Å². The molecule has 1 aromatic heterocycles. The molecule has 2 aliphatic carbocycles. The topological polar surface area (TPSA) is 53.1 Å². The molecule has 0 spiro atoms. The zero-order valence-electron chi connectivity index (χ0n) is 12.6. The van der Waals surface area contributed by atoms with Crippen molar-refractivity contribution in [2.24, 2.45) is 11.1 Å². The van der Waals surface area contributed by atoms with Crippen LogP contribution in [0.4, 0.5) is 0 Å². The van der Waals surface area contributed by atoms with Crippen molar-refractivity contribution in [1.82, 2.24) is 9.55 Å². The molecule has 0 radical (unpaired) electrons. The first-order valence-corrected chi connectivity index (χ1v) is 8.00. The van der Waals surface area contributed by atoms with Crippen LogP contribution in [0.25, 0.3) is 11.0 Å². The Kier molecular flexibility index (Phi) is 2.96. The van der Waals surface area contributed by atoms with E-state index in [4.69, 9.17) is 15.5 Å². The minimum Gasteiger partial charge on any atom is -0.497 e. The molecule has 0 bridgehead atoms. The molecular formula is C17H23N3O. The number of nitrogens with zero attached hydrogens (tertiary/aromatic N) is 2. The molecule has 21 heavy (non-hydrogen) atoms. The summed E-state index contributed by atoms with van der Waals surface area (Å²) >= 11 is 0. The Morgan fingerprint density at radius 3 is 2.76 bits per heavy atom. The van der Waals surface area contributed by atoms with Crippen LogP contribution in [0.15, 0.2) is 18.2 Å². The number of ether oxygens (including phenoxy) is 1. The lowest BCUT2D eigenvalue weighted by molar-refractivity contribution is 0.140. The molecule has 2 aromatic rings. The van der Waals surface area contributed by atoms with Gasteiger partial charge in [0.25, 0.3) is 0 Å². The lowest BCUT2D eigenvalue weighted by Crippen LogP contribution is -2.39. The number of fused-ring (bicyclic) bond motifs is 1. The van der Waals surface area contributed by atoms with E-state index >= 15 is 0 Å². The molecule has 0 aliphatic heterocycles.